The summed E-state index contributed by atoms with van der Waals surface area (Å²) in [6, 6.07) is 5.14. The minimum absolute atomic E-state index is 0.0543. The lowest BCUT2D eigenvalue weighted by atomic mass is 10.3. The second-order valence-electron chi connectivity index (χ2n) is 3.49. The van der Waals surface area contributed by atoms with Gasteiger partial charge in [0.15, 0.2) is 0 Å². The number of ether oxygens (including phenoxy) is 1. The maximum absolute atomic E-state index is 11.0. The molecule has 0 spiro atoms. The number of carbonyl (C=O) groups is 1. The smallest absolute Gasteiger partial charge is 0.221 e. The SMILES string of the molecule is CC(=O)Nc1cc(Cl)ccc1OC(C)C. The van der Waals surface area contributed by atoms with Crippen molar-refractivity contribution >= 4 is 23.2 Å². The minimum atomic E-state index is -0.147. The second kappa shape index (κ2) is 5.03. The van der Waals surface area contributed by atoms with Gasteiger partial charge >= 0.3 is 0 Å². The van der Waals surface area contributed by atoms with Crippen LogP contribution >= 0.6 is 11.6 Å². The van der Waals surface area contributed by atoms with E-state index < -0.39 is 0 Å². The predicted molar refractivity (Wildman–Crippen MR) is 61.5 cm³/mol. The first-order chi connectivity index (χ1) is 6.99. The van der Waals surface area contributed by atoms with Gasteiger partial charge in [-0.3, -0.25) is 4.79 Å². The van der Waals surface area contributed by atoms with Gasteiger partial charge in [0.05, 0.1) is 11.8 Å². The Morgan fingerprint density at radius 1 is 1.47 bits per heavy atom. The van der Waals surface area contributed by atoms with E-state index in [1.165, 1.54) is 6.92 Å². The molecule has 0 bridgehead atoms. The highest BCUT2D eigenvalue weighted by atomic mass is 35.5. The van der Waals surface area contributed by atoms with Crippen LogP contribution in [-0.2, 0) is 4.79 Å². The van der Waals surface area contributed by atoms with Gasteiger partial charge in [0, 0.05) is 11.9 Å². The van der Waals surface area contributed by atoms with Crippen LogP contribution in [0.25, 0.3) is 0 Å². The van der Waals surface area contributed by atoms with Crippen molar-refractivity contribution in [2.24, 2.45) is 0 Å². The van der Waals surface area contributed by atoms with Gasteiger partial charge in [-0.2, -0.15) is 0 Å². The van der Waals surface area contributed by atoms with Gasteiger partial charge < -0.3 is 10.1 Å². The molecule has 1 aromatic rings. The quantitative estimate of drug-likeness (QED) is 0.862. The van der Waals surface area contributed by atoms with Crippen molar-refractivity contribution in [3.8, 4) is 5.75 Å². The zero-order valence-corrected chi connectivity index (χ0v) is 9.76. The Labute approximate surface area is 94.4 Å². The molecule has 0 atom stereocenters. The Hall–Kier alpha value is -1.22. The lowest BCUT2D eigenvalue weighted by Gasteiger charge is -2.14. The third kappa shape index (κ3) is 3.80. The van der Waals surface area contributed by atoms with E-state index in [2.05, 4.69) is 5.32 Å². The van der Waals surface area contributed by atoms with Gasteiger partial charge in [0.2, 0.25) is 5.91 Å². The number of hydrogen-bond donors (Lipinski definition) is 1. The molecular weight excluding hydrogens is 214 g/mol. The highest BCUT2D eigenvalue weighted by molar-refractivity contribution is 6.31. The molecule has 0 unspecified atom stereocenters. The molecule has 15 heavy (non-hydrogen) atoms. The summed E-state index contributed by atoms with van der Waals surface area (Å²) in [4.78, 5) is 11.0. The van der Waals surface area contributed by atoms with Crippen LogP contribution in [0.5, 0.6) is 5.75 Å². The van der Waals surface area contributed by atoms with Crippen LogP contribution < -0.4 is 10.1 Å². The number of nitrogens with one attached hydrogen (secondary N) is 1. The highest BCUT2D eigenvalue weighted by Crippen LogP contribution is 2.28. The molecule has 1 N–H and O–H groups in total. The first-order valence-corrected chi connectivity index (χ1v) is 5.10. The van der Waals surface area contributed by atoms with Crippen LogP contribution in [-0.4, -0.2) is 12.0 Å². The van der Waals surface area contributed by atoms with Gasteiger partial charge in [-0.05, 0) is 32.0 Å². The summed E-state index contributed by atoms with van der Waals surface area (Å²) >= 11 is 5.83. The zero-order chi connectivity index (χ0) is 11.4. The summed E-state index contributed by atoms with van der Waals surface area (Å²) in [7, 11) is 0. The van der Waals surface area contributed by atoms with Gasteiger partial charge in [0.25, 0.3) is 0 Å². The summed E-state index contributed by atoms with van der Waals surface area (Å²) < 4.78 is 5.53. The number of benzene rings is 1. The van der Waals surface area contributed by atoms with Crippen molar-refractivity contribution in [2.75, 3.05) is 5.32 Å². The topological polar surface area (TPSA) is 38.3 Å². The van der Waals surface area contributed by atoms with Gasteiger partial charge in [-0.15, -0.1) is 0 Å². The first-order valence-electron chi connectivity index (χ1n) is 4.73. The molecule has 3 nitrogen and oxygen atoms in total. The number of hydrogen-bond acceptors (Lipinski definition) is 2. The average molecular weight is 228 g/mol. The molecule has 82 valence electrons. The molecule has 0 radical (unpaired) electrons. The molecule has 0 aliphatic heterocycles. The van der Waals surface area contributed by atoms with Crippen LogP contribution in [0.4, 0.5) is 5.69 Å². The van der Waals surface area contributed by atoms with E-state index >= 15 is 0 Å². The molecule has 0 aliphatic carbocycles. The summed E-state index contributed by atoms with van der Waals surface area (Å²) in [6.07, 6.45) is 0.0543. The summed E-state index contributed by atoms with van der Waals surface area (Å²) in [5.41, 5.74) is 0.601. The number of rotatable bonds is 3. The molecule has 0 saturated carbocycles. The summed E-state index contributed by atoms with van der Waals surface area (Å²) in [5.74, 6) is 0.482. The van der Waals surface area contributed by atoms with E-state index in [1.807, 2.05) is 13.8 Å². The van der Waals surface area contributed by atoms with Crippen molar-refractivity contribution in [2.45, 2.75) is 26.9 Å². The molecule has 0 aliphatic rings. The fourth-order valence-electron chi connectivity index (χ4n) is 1.15. The second-order valence-corrected chi connectivity index (χ2v) is 3.92. The molecule has 0 aromatic heterocycles. The van der Waals surface area contributed by atoms with E-state index in [0.29, 0.717) is 16.5 Å². The van der Waals surface area contributed by atoms with Crippen molar-refractivity contribution < 1.29 is 9.53 Å². The number of carbonyl (C=O) groups excluding carboxylic acids is 1. The largest absolute Gasteiger partial charge is 0.489 e. The van der Waals surface area contributed by atoms with E-state index in [4.69, 9.17) is 16.3 Å². The lowest BCUT2D eigenvalue weighted by Crippen LogP contribution is -2.11. The van der Waals surface area contributed by atoms with E-state index in [1.54, 1.807) is 18.2 Å². The Morgan fingerprint density at radius 2 is 2.13 bits per heavy atom. The maximum atomic E-state index is 11.0. The first kappa shape index (κ1) is 11.9. The van der Waals surface area contributed by atoms with Gasteiger partial charge in [0.1, 0.15) is 5.75 Å². The molecule has 4 heteroatoms. The highest BCUT2D eigenvalue weighted by Gasteiger charge is 2.07. The maximum Gasteiger partial charge on any atom is 0.221 e. The molecule has 0 fully saturated rings. The van der Waals surface area contributed by atoms with Crippen LogP contribution in [0.1, 0.15) is 20.8 Å². The van der Waals surface area contributed by atoms with E-state index in [9.17, 15) is 4.79 Å². The minimum Gasteiger partial charge on any atom is -0.489 e. The van der Waals surface area contributed by atoms with E-state index in [0.717, 1.165) is 0 Å². The number of halogens is 1. The Kier molecular flexibility index (Phi) is 3.97. The van der Waals surface area contributed by atoms with Crippen molar-refractivity contribution in [3.63, 3.8) is 0 Å². The third-order valence-electron chi connectivity index (χ3n) is 1.61. The fraction of sp³-hybridized carbons (Fsp3) is 0.364. The number of anilines is 1. The fourth-order valence-corrected chi connectivity index (χ4v) is 1.32. The molecule has 1 aromatic carbocycles. The normalized spacial score (nSPS) is 10.2. The molecule has 1 rings (SSSR count). The van der Waals surface area contributed by atoms with Crippen LogP contribution in [0, 0.1) is 0 Å². The van der Waals surface area contributed by atoms with E-state index in [-0.39, 0.29) is 12.0 Å². The Morgan fingerprint density at radius 3 is 2.67 bits per heavy atom. The van der Waals surface area contributed by atoms with Gasteiger partial charge in [-0.1, -0.05) is 11.6 Å². The lowest BCUT2D eigenvalue weighted by molar-refractivity contribution is -0.114. The standard InChI is InChI=1S/C11H14ClNO2/c1-7(2)15-11-5-4-9(12)6-10(11)13-8(3)14/h4-7H,1-3H3,(H,13,14). The number of amides is 1. The zero-order valence-electron chi connectivity index (χ0n) is 9.00. The van der Waals surface area contributed by atoms with Crippen molar-refractivity contribution in [1.82, 2.24) is 0 Å². The predicted octanol–water partition coefficient (Wildman–Crippen LogP) is 3.09. The average Bonchev–Trinajstić information content (AvgIpc) is 2.08. The monoisotopic (exact) mass is 227 g/mol. The molecule has 1 amide bonds. The Balaban J connectivity index is 2.97. The summed E-state index contributed by atoms with van der Waals surface area (Å²) in [5, 5.41) is 3.24. The van der Waals surface area contributed by atoms with Crippen LogP contribution in [0.2, 0.25) is 5.02 Å². The van der Waals surface area contributed by atoms with Crippen molar-refractivity contribution in [1.29, 1.82) is 0 Å². The van der Waals surface area contributed by atoms with Crippen LogP contribution in [0.3, 0.4) is 0 Å². The van der Waals surface area contributed by atoms with Crippen molar-refractivity contribution in [3.05, 3.63) is 23.2 Å². The Bertz CT molecular complexity index is 364. The molecule has 0 heterocycles. The third-order valence-corrected chi connectivity index (χ3v) is 1.85. The summed E-state index contributed by atoms with van der Waals surface area (Å²) in [6.45, 7) is 5.29. The molecule has 0 saturated heterocycles. The molecular formula is C11H14ClNO2. The van der Waals surface area contributed by atoms with Crippen LogP contribution in [0.15, 0.2) is 18.2 Å². The van der Waals surface area contributed by atoms with Gasteiger partial charge in [-0.25, -0.2) is 0 Å².